The van der Waals surface area contributed by atoms with Gasteiger partial charge in [0.25, 0.3) is 0 Å². The van der Waals surface area contributed by atoms with Gasteiger partial charge in [0.05, 0.1) is 11.9 Å². The van der Waals surface area contributed by atoms with Crippen molar-refractivity contribution >= 4 is 29.0 Å². The molecule has 0 bridgehead atoms. The largest absolute Gasteiger partial charge is 0.469 e. The quantitative estimate of drug-likeness (QED) is 0.469. The van der Waals surface area contributed by atoms with E-state index in [1.54, 1.807) is 30.5 Å². The molecule has 0 fully saturated rings. The number of anilines is 2. The van der Waals surface area contributed by atoms with Crippen LogP contribution in [0.2, 0.25) is 5.02 Å². The lowest BCUT2D eigenvalue weighted by Crippen LogP contribution is -2.20. The van der Waals surface area contributed by atoms with Crippen LogP contribution in [0.3, 0.4) is 0 Å². The van der Waals surface area contributed by atoms with Gasteiger partial charge in [-0.2, -0.15) is 0 Å². The summed E-state index contributed by atoms with van der Waals surface area (Å²) in [4.78, 5) is 18.7. The Bertz CT molecular complexity index is 994. The highest BCUT2D eigenvalue weighted by Crippen LogP contribution is 2.25. The second kappa shape index (κ2) is 10.8. The average Bonchev–Trinajstić information content (AvgIpc) is 2.75. The number of aromatic nitrogens is 1. The predicted molar refractivity (Wildman–Crippen MR) is 126 cm³/mol. The molecule has 2 N–H and O–H groups in total. The molecule has 1 unspecified atom stereocenters. The summed E-state index contributed by atoms with van der Waals surface area (Å²) < 4.78 is 6.15. The number of urea groups is 1. The molecule has 0 spiro atoms. The van der Waals surface area contributed by atoms with Crippen molar-refractivity contribution in [2.45, 2.75) is 19.4 Å². The first kappa shape index (κ1) is 22.6. The zero-order chi connectivity index (χ0) is 22.2. The average molecular weight is 439 g/mol. The van der Waals surface area contributed by atoms with Crippen molar-refractivity contribution in [1.82, 2.24) is 9.88 Å². The molecule has 0 aliphatic rings. The topological polar surface area (TPSA) is 66.5 Å². The van der Waals surface area contributed by atoms with Gasteiger partial charge < -0.3 is 20.3 Å². The van der Waals surface area contributed by atoms with Crippen molar-refractivity contribution in [2.24, 2.45) is 0 Å². The zero-order valence-electron chi connectivity index (χ0n) is 17.9. The summed E-state index contributed by atoms with van der Waals surface area (Å²) in [7, 11) is 4.08. The molecule has 1 aromatic heterocycles. The Balaban J connectivity index is 1.61. The number of hydrogen-bond acceptors (Lipinski definition) is 4. The molecule has 2 aromatic carbocycles. The third kappa shape index (κ3) is 6.98. The maximum Gasteiger partial charge on any atom is 0.323 e. The molecule has 0 radical (unpaired) electrons. The van der Waals surface area contributed by atoms with Crippen molar-refractivity contribution in [3.05, 3.63) is 83.0 Å². The van der Waals surface area contributed by atoms with Gasteiger partial charge in [0, 0.05) is 29.7 Å². The molecule has 0 saturated heterocycles. The third-order valence-electron chi connectivity index (χ3n) is 4.70. The van der Waals surface area contributed by atoms with Gasteiger partial charge in [-0.25, -0.2) is 9.78 Å². The predicted octanol–water partition coefficient (Wildman–Crippen LogP) is 5.76. The summed E-state index contributed by atoms with van der Waals surface area (Å²) in [6, 6.07) is 18.6. The van der Waals surface area contributed by atoms with E-state index in [0.717, 1.165) is 24.1 Å². The standard InChI is InChI=1S/C24H27ClN4O2/c1-17-9-10-19(15-21(17)25)27-24(30)28-20-11-12-23(26-16-20)31-22(13-14-29(2)3)18-7-5-4-6-8-18/h4-12,15-16,22H,13-14H2,1-3H3,(H2,27,28,30). The number of nitrogens with one attached hydrogen (secondary N) is 2. The van der Waals surface area contributed by atoms with Crippen LogP contribution >= 0.6 is 11.6 Å². The van der Waals surface area contributed by atoms with Crippen molar-refractivity contribution in [1.29, 1.82) is 0 Å². The number of carbonyl (C=O) groups excluding carboxylic acids is 1. The highest BCUT2D eigenvalue weighted by molar-refractivity contribution is 6.31. The van der Waals surface area contributed by atoms with Gasteiger partial charge in [0.1, 0.15) is 6.10 Å². The second-order valence-corrected chi connectivity index (χ2v) is 7.94. The van der Waals surface area contributed by atoms with Gasteiger partial charge in [0.15, 0.2) is 0 Å². The van der Waals surface area contributed by atoms with Crippen molar-refractivity contribution in [3.8, 4) is 5.88 Å². The highest BCUT2D eigenvalue weighted by atomic mass is 35.5. The number of rotatable bonds is 8. The second-order valence-electron chi connectivity index (χ2n) is 7.54. The number of amides is 2. The molecule has 0 saturated carbocycles. The van der Waals surface area contributed by atoms with Gasteiger partial charge in [-0.15, -0.1) is 0 Å². The SMILES string of the molecule is Cc1ccc(NC(=O)Nc2ccc(OC(CCN(C)C)c3ccccc3)nc2)cc1Cl. The molecule has 6 nitrogen and oxygen atoms in total. The molecule has 162 valence electrons. The van der Waals surface area contributed by atoms with Gasteiger partial charge in [-0.3, -0.25) is 0 Å². The Morgan fingerprint density at radius 3 is 2.42 bits per heavy atom. The molecule has 0 aliphatic heterocycles. The summed E-state index contributed by atoms with van der Waals surface area (Å²) in [6.07, 6.45) is 2.30. The summed E-state index contributed by atoms with van der Waals surface area (Å²) in [5, 5.41) is 6.12. The van der Waals surface area contributed by atoms with Gasteiger partial charge in [-0.1, -0.05) is 48.0 Å². The Kier molecular flexibility index (Phi) is 7.87. The van der Waals surface area contributed by atoms with E-state index in [4.69, 9.17) is 16.3 Å². The molecule has 1 heterocycles. The number of hydrogen-bond donors (Lipinski definition) is 2. The van der Waals surface area contributed by atoms with E-state index in [9.17, 15) is 4.79 Å². The van der Waals surface area contributed by atoms with Crippen LogP contribution in [0.4, 0.5) is 16.2 Å². The van der Waals surface area contributed by atoms with E-state index in [0.29, 0.717) is 22.3 Å². The first-order valence-corrected chi connectivity index (χ1v) is 10.4. The minimum absolute atomic E-state index is 0.107. The van der Waals surface area contributed by atoms with Crippen LogP contribution in [0, 0.1) is 6.92 Å². The summed E-state index contributed by atoms with van der Waals surface area (Å²) in [6.45, 7) is 2.80. The number of ether oxygens (including phenoxy) is 1. The highest BCUT2D eigenvalue weighted by Gasteiger charge is 2.14. The molecule has 2 amide bonds. The lowest BCUT2D eigenvalue weighted by molar-refractivity contribution is 0.172. The van der Waals surface area contributed by atoms with Crippen molar-refractivity contribution < 1.29 is 9.53 Å². The van der Waals surface area contributed by atoms with Crippen LogP contribution in [-0.4, -0.2) is 36.6 Å². The Hall–Kier alpha value is -3.09. The van der Waals surface area contributed by atoms with Crippen LogP contribution in [-0.2, 0) is 0 Å². The third-order valence-corrected chi connectivity index (χ3v) is 5.10. The zero-order valence-corrected chi connectivity index (χ0v) is 18.7. The first-order chi connectivity index (χ1) is 14.9. The number of pyridine rings is 1. The maximum atomic E-state index is 12.2. The fourth-order valence-corrected chi connectivity index (χ4v) is 3.15. The van der Waals surface area contributed by atoms with Crippen molar-refractivity contribution in [2.75, 3.05) is 31.3 Å². The van der Waals surface area contributed by atoms with Crippen LogP contribution in [0.1, 0.15) is 23.7 Å². The van der Waals surface area contributed by atoms with E-state index in [2.05, 4.69) is 32.7 Å². The van der Waals surface area contributed by atoms with Gasteiger partial charge in [0.2, 0.25) is 5.88 Å². The fourth-order valence-electron chi connectivity index (χ4n) is 2.97. The summed E-state index contributed by atoms with van der Waals surface area (Å²) in [5.41, 5.74) is 3.23. The molecule has 3 aromatic rings. The minimum atomic E-state index is -0.372. The molecule has 3 rings (SSSR count). The Morgan fingerprint density at radius 2 is 1.77 bits per heavy atom. The minimum Gasteiger partial charge on any atom is -0.469 e. The van der Waals surface area contributed by atoms with E-state index >= 15 is 0 Å². The molecule has 0 aliphatic carbocycles. The Labute approximate surface area is 188 Å². The number of aryl methyl sites for hydroxylation is 1. The number of benzene rings is 2. The number of carbonyl (C=O) groups is 1. The smallest absolute Gasteiger partial charge is 0.323 e. The lowest BCUT2D eigenvalue weighted by atomic mass is 10.1. The van der Waals surface area contributed by atoms with E-state index in [-0.39, 0.29) is 12.1 Å². The molecular formula is C24H27ClN4O2. The Morgan fingerprint density at radius 1 is 1.06 bits per heavy atom. The normalized spacial score (nSPS) is 11.8. The van der Waals surface area contributed by atoms with Crippen LogP contribution in [0.5, 0.6) is 5.88 Å². The first-order valence-electron chi connectivity index (χ1n) is 10.1. The molecule has 1 atom stereocenters. The van der Waals surface area contributed by atoms with E-state index in [1.807, 2.05) is 45.3 Å². The maximum absolute atomic E-state index is 12.2. The number of halogens is 1. The lowest BCUT2D eigenvalue weighted by Gasteiger charge is -2.21. The number of nitrogens with zero attached hydrogens (tertiary/aromatic N) is 2. The van der Waals surface area contributed by atoms with Gasteiger partial charge >= 0.3 is 6.03 Å². The van der Waals surface area contributed by atoms with Crippen molar-refractivity contribution in [3.63, 3.8) is 0 Å². The van der Waals surface area contributed by atoms with Gasteiger partial charge in [-0.05, 0) is 50.3 Å². The fraction of sp³-hybridized carbons (Fsp3) is 0.250. The van der Waals surface area contributed by atoms with E-state index < -0.39 is 0 Å². The van der Waals surface area contributed by atoms with E-state index in [1.165, 1.54) is 0 Å². The molecular weight excluding hydrogens is 412 g/mol. The van der Waals surface area contributed by atoms with Crippen LogP contribution in [0.25, 0.3) is 0 Å². The molecule has 7 heteroatoms. The van der Waals surface area contributed by atoms with Crippen LogP contribution < -0.4 is 15.4 Å². The summed E-state index contributed by atoms with van der Waals surface area (Å²) >= 11 is 6.10. The molecule has 31 heavy (non-hydrogen) atoms. The van der Waals surface area contributed by atoms with Crippen LogP contribution in [0.15, 0.2) is 66.9 Å². The monoisotopic (exact) mass is 438 g/mol. The summed E-state index contributed by atoms with van der Waals surface area (Å²) in [5.74, 6) is 0.504.